The summed E-state index contributed by atoms with van der Waals surface area (Å²) in [7, 11) is 0. The van der Waals surface area contributed by atoms with E-state index in [-0.39, 0.29) is 24.3 Å². The number of benzene rings is 1. The van der Waals surface area contributed by atoms with Crippen LogP contribution in [0.25, 0.3) is 0 Å². The second-order valence-corrected chi connectivity index (χ2v) is 7.74. The molecule has 164 valence electrons. The first-order valence-electron chi connectivity index (χ1n) is 10.1. The second-order valence-electron chi connectivity index (χ2n) is 7.30. The van der Waals surface area contributed by atoms with Crippen LogP contribution in [-0.4, -0.2) is 53.9 Å². The smallest absolute Gasteiger partial charge is 0.258 e. The molecule has 0 spiro atoms. The number of hydrogen-bond acceptors (Lipinski definition) is 5. The fourth-order valence-electron chi connectivity index (χ4n) is 3.18. The summed E-state index contributed by atoms with van der Waals surface area (Å²) in [4.78, 5) is 42.7. The number of rotatable bonds is 8. The van der Waals surface area contributed by atoms with Gasteiger partial charge in [0.05, 0.1) is 22.9 Å². The van der Waals surface area contributed by atoms with Gasteiger partial charge in [-0.2, -0.15) is 0 Å². The lowest BCUT2D eigenvalue weighted by molar-refractivity contribution is -0.142. The lowest BCUT2D eigenvalue weighted by atomic mass is 10.1. The van der Waals surface area contributed by atoms with Crippen molar-refractivity contribution in [1.82, 2.24) is 9.88 Å². The molecule has 0 unspecified atom stereocenters. The molecule has 0 saturated carbocycles. The van der Waals surface area contributed by atoms with Gasteiger partial charge in [0.2, 0.25) is 11.8 Å². The van der Waals surface area contributed by atoms with Crippen LogP contribution in [0.4, 0.5) is 11.5 Å². The van der Waals surface area contributed by atoms with Crippen molar-refractivity contribution in [2.24, 2.45) is 0 Å². The van der Waals surface area contributed by atoms with Crippen molar-refractivity contribution in [2.75, 3.05) is 36.9 Å². The van der Waals surface area contributed by atoms with Gasteiger partial charge in [-0.3, -0.25) is 14.4 Å². The molecule has 0 aliphatic carbocycles. The molecule has 2 aromatic rings. The molecule has 3 rings (SSSR count). The van der Waals surface area contributed by atoms with E-state index in [1.165, 1.54) is 6.20 Å². The number of halogens is 1. The highest BCUT2D eigenvalue weighted by molar-refractivity contribution is 6.30. The lowest BCUT2D eigenvalue weighted by Crippen LogP contribution is -2.42. The van der Waals surface area contributed by atoms with Crippen molar-refractivity contribution in [3.8, 4) is 0 Å². The summed E-state index contributed by atoms with van der Waals surface area (Å²) in [5, 5.41) is 6.00. The van der Waals surface area contributed by atoms with E-state index in [2.05, 4.69) is 15.6 Å². The van der Waals surface area contributed by atoms with Crippen molar-refractivity contribution in [2.45, 2.75) is 26.2 Å². The van der Waals surface area contributed by atoms with Crippen molar-refractivity contribution < 1.29 is 19.1 Å². The largest absolute Gasteiger partial charge is 0.370 e. The maximum Gasteiger partial charge on any atom is 0.258 e. The Morgan fingerprint density at radius 3 is 2.77 bits per heavy atom. The summed E-state index contributed by atoms with van der Waals surface area (Å²) < 4.78 is 5.11. The fraction of sp³-hybridized carbons (Fsp3) is 0.364. The van der Waals surface area contributed by atoms with Crippen LogP contribution in [0.2, 0.25) is 5.02 Å². The standard InChI is InChI=1S/C22H25ClN4O4/c1-15-5-7-18(17(12-15)22(30)26-19-8-6-16(23)13-24-19)25-20(28)4-2-3-9-27-10-11-31-14-21(27)29/h5-8,12-13H,2-4,9-11,14H2,1H3,(H,25,28)(H,24,26,30). The number of nitrogens with zero attached hydrogens (tertiary/aromatic N) is 2. The van der Waals surface area contributed by atoms with Gasteiger partial charge in [0, 0.05) is 25.7 Å². The number of morpholine rings is 1. The number of hydrogen-bond donors (Lipinski definition) is 2. The zero-order valence-corrected chi connectivity index (χ0v) is 18.1. The Balaban J connectivity index is 1.54. The average molecular weight is 445 g/mol. The van der Waals surface area contributed by atoms with E-state index in [4.69, 9.17) is 16.3 Å². The number of unbranched alkanes of at least 4 members (excludes halogenated alkanes) is 1. The topological polar surface area (TPSA) is 101 Å². The highest BCUT2D eigenvalue weighted by Gasteiger charge is 2.18. The number of aryl methyl sites for hydroxylation is 1. The highest BCUT2D eigenvalue weighted by atomic mass is 35.5. The molecule has 3 amide bonds. The normalized spacial score (nSPS) is 13.7. The first-order chi connectivity index (χ1) is 14.9. The van der Waals surface area contributed by atoms with Gasteiger partial charge in [-0.1, -0.05) is 23.2 Å². The number of anilines is 2. The van der Waals surface area contributed by atoms with E-state index in [0.717, 1.165) is 12.0 Å². The van der Waals surface area contributed by atoms with Crippen molar-refractivity contribution in [3.05, 3.63) is 52.7 Å². The summed E-state index contributed by atoms with van der Waals surface area (Å²) in [5.74, 6) is -0.206. The Kier molecular flexibility index (Phi) is 7.97. The molecule has 1 fully saturated rings. The lowest BCUT2D eigenvalue weighted by Gasteiger charge is -2.26. The minimum absolute atomic E-state index is 0.0128. The van der Waals surface area contributed by atoms with Gasteiger partial charge in [0.25, 0.3) is 5.91 Å². The molecule has 9 heteroatoms. The Labute approximate surface area is 185 Å². The van der Waals surface area contributed by atoms with Crippen LogP contribution in [0.1, 0.15) is 35.2 Å². The summed E-state index contributed by atoms with van der Waals surface area (Å²) in [6, 6.07) is 8.49. The van der Waals surface area contributed by atoms with E-state index >= 15 is 0 Å². The molecule has 1 aromatic carbocycles. The number of nitrogens with one attached hydrogen (secondary N) is 2. The maximum absolute atomic E-state index is 12.7. The summed E-state index contributed by atoms with van der Waals surface area (Å²) in [6.45, 7) is 3.76. The predicted octanol–water partition coefficient (Wildman–Crippen LogP) is 3.26. The van der Waals surface area contributed by atoms with Crippen molar-refractivity contribution in [1.29, 1.82) is 0 Å². The molecule has 2 N–H and O–H groups in total. The molecular weight excluding hydrogens is 420 g/mol. The van der Waals surface area contributed by atoms with Gasteiger partial charge >= 0.3 is 0 Å². The van der Waals surface area contributed by atoms with Crippen LogP contribution in [0.5, 0.6) is 0 Å². The number of carbonyl (C=O) groups is 3. The highest BCUT2D eigenvalue weighted by Crippen LogP contribution is 2.20. The second kappa shape index (κ2) is 10.9. The molecular formula is C22H25ClN4O4. The van der Waals surface area contributed by atoms with Gasteiger partial charge in [0.15, 0.2) is 0 Å². The Bertz CT molecular complexity index is 949. The van der Waals surface area contributed by atoms with E-state index in [1.807, 2.05) is 13.0 Å². The van der Waals surface area contributed by atoms with Crippen LogP contribution in [-0.2, 0) is 14.3 Å². The summed E-state index contributed by atoms with van der Waals surface area (Å²) in [5.41, 5.74) is 1.68. The maximum atomic E-state index is 12.7. The number of amides is 3. The molecule has 31 heavy (non-hydrogen) atoms. The number of ether oxygens (including phenoxy) is 1. The molecule has 8 nitrogen and oxygen atoms in total. The van der Waals surface area contributed by atoms with Crippen LogP contribution in [0.3, 0.4) is 0 Å². The molecule has 1 saturated heterocycles. The van der Waals surface area contributed by atoms with Crippen LogP contribution in [0.15, 0.2) is 36.5 Å². The van der Waals surface area contributed by atoms with Crippen LogP contribution < -0.4 is 10.6 Å². The van der Waals surface area contributed by atoms with Gasteiger partial charge in [0.1, 0.15) is 12.4 Å². The van der Waals surface area contributed by atoms with E-state index < -0.39 is 0 Å². The van der Waals surface area contributed by atoms with Gasteiger partial charge in [-0.25, -0.2) is 4.98 Å². The fourth-order valence-corrected chi connectivity index (χ4v) is 3.29. The van der Waals surface area contributed by atoms with Gasteiger partial charge < -0.3 is 20.3 Å². The quantitative estimate of drug-likeness (QED) is 0.608. The number of aromatic nitrogens is 1. The van der Waals surface area contributed by atoms with E-state index in [0.29, 0.717) is 54.6 Å². The van der Waals surface area contributed by atoms with Crippen molar-refractivity contribution in [3.63, 3.8) is 0 Å². The molecule has 2 heterocycles. The molecule has 1 aromatic heterocycles. The van der Waals surface area contributed by atoms with E-state index in [1.54, 1.807) is 29.2 Å². The van der Waals surface area contributed by atoms with Crippen molar-refractivity contribution >= 4 is 40.8 Å². The monoisotopic (exact) mass is 444 g/mol. The third-order valence-electron chi connectivity index (χ3n) is 4.83. The SMILES string of the molecule is Cc1ccc(NC(=O)CCCCN2CCOCC2=O)c(C(=O)Nc2ccc(Cl)cn2)c1. The first kappa shape index (κ1) is 22.7. The summed E-state index contributed by atoms with van der Waals surface area (Å²) >= 11 is 5.82. The Morgan fingerprint density at radius 1 is 1.19 bits per heavy atom. The Morgan fingerprint density at radius 2 is 2.03 bits per heavy atom. The third kappa shape index (κ3) is 6.77. The minimum atomic E-state index is -0.375. The van der Waals surface area contributed by atoms with Crippen LogP contribution >= 0.6 is 11.6 Å². The van der Waals surface area contributed by atoms with Crippen LogP contribution in [0, 0.1) is 6.92 Å². The number of carbonyl (C=O) groups excluding carboxylic acids is 3. The zero-order valence-electron chi connectivity index (χ0n) is 17.3. The third-order valence-corrected chi connectivity index (χ3v) is 5.05. The first-order valence-corrected chi connectivity index (χ1v) is 10.5. The zero-order chi connectivity index (χ0) is 22.2. The molecule has 0 bridgehead atoms. The van der Waals surface area contributed by atoms with E-state index in [9.17, 15) is 14.4 Å². The van der Waals surface area contributed by atoms with Gasteiger partial charge in [-0.05, 0) is 44.0 Å². The predicted molar refractivity (Wildman–Crippen MR) is 118 cm³/mol. The summed E-state index contributed by atoms with van der Waals surface area (Å²) in [6.07, 6.45) is 3.11. The molecule has 0 atom stereocenters. The molecule has 1 aliphatic rings. The average Bonchev–Trinajstić information content (AvgIpc) is 2.75. The minimum Gasteiger partial charge on any atom is -0.370 e. The molecule has 0 radical (unpaired) electrons. The van der Waals surface area contributed by atoms with Gasteiger partial charge in [-0.15, -0.1) is 0 Å². The Hall–Kier alpha value is -2.97. The number of pyridine rings is 1. The molecule has 1 aliphatic heterocycles.